The number of hydrogen-bond donors (Lipinski definition) is 2. The number of ether oxygens (including phenoxy) is 1. The van der Waals surface area contributed by atoms with E-state index < -0.39 is 0 Å². The third-order valence-corrected chi connectivity index (χ3v) is 2.64. The van der Waals surface area contributed by atoms with Gasteiger partial charge in [0, 0.05) is 39.6 Å². The van der Waals surface area contributed by atoms with Crippen LogP contribution in [-0.4, -0.2) is 47.0 Å². The maximum Gasteiger partial charge on any atom is 0.0964 e. The van der Waals surface area contributed by atoms with Gasteiger partial charge in [-0.25, -0.2) is 0 Å². The van der Waals surface area contributed by atoms with Gasteiger partial charge in [0.1, 0.15) is 0 Å². The van der Waals surface area contributed by atoms with E-state index in [0.29, 0.717) is 0 Å². The molecule has 6 heteroatoms. The van der Waals surface area contributed by atoms with Gasteiger partial charge in [0.15, 0.2) is 0 Å². The Balaban J connectivity index is 2.03. The first kappa shape index (κ1) is 15.1. The molecular weight excluding hydrogens is 232 g/mol. The Bertz CT molecular complexity index is 304. The predicted octanol–water partition coefficient (Wildman–Crippen LogP) is 0.567. The third-order valence-electron chi connectivity index (χ3n) is 2.64. The Morgan fingerprint density at radius 2 is 2.22 bits per heavy atom. The van der Waals surface area contributed by atoms with E-state index in [1.807, 2.05) is 6.20 Å². The van der Waals surface area contributed by atoms with Crippen LogP contribution in [0.25, 0.3) is 0 Å². The molecule has 1 aromatic heterocycles. The number of unbranched alkanes of at least 4 members (excludes halogenated alkanes) is 2. The molecule has 0 aromatic carbocycles. The minimum atomic E-state index is 0.189. The molecule has 6 nitrogen and oxygen atoms in total. The average Bonchev–Trinajstić information content (AvgIpc) is 2.83. The van der Waals surface area contributed by atoms with Gasteiger partial charge in [-0.15, -0.1) is 5.10 Å². The summed E-state index contributed by atoms with van der Waals surface area (Å²) in [4.78, 5) is 0. The van der Waals surface area contributed by atoms with Crippen LogP contribution in [0.2, 0.25) is 0 Å². The largest absolute Gasteiger partial charge is 0.396 e. The van der Waals surface area contributed by atoms with E-state index in [1.165, 1.54) is 6.42 Å². The molecule has 1 aromatic rings. The van der Waals surface area contributed by atoms with Crippen molar-refractivity contribution >= 4 is 0 Å². The van der Waals surface area contributed by atoms with Crippen LogP contribution in [0.4, 0.5) is 0 Å². The summed E-state index contributed by atoms with van der Waals surface area (Å²) in [5.74, 6) is 0. The van der Waals surface area contributed by atoms with Crippen molar-refractivity contribution in [2.45, 2.75) is 38.8 Å². The average molecular weight is 256 g/mol. The third kappa shape index (κ3) is 6.68. The van der Waals surface area contributed by atoms with Crippen LogP contribution < -0.4 is 5.32 Å². The number of rotatable bonds is 11. The molecule has 0 saturated heterocycles. The Morgan fingerprint density at radius 3 is 3.00 bits per heavy atom. The van der Waals surface area contributed by atoms with Gasteiger partial charge in [-0.2, -0.15) is 0 Å². The lowest BCUT2D eigenvalue weighted by molar-refractivity contribution is 0.192. The lowest BCUT2D eigenvalue weighted by Gasteiger charge is -2.02. The Labute approximate surface area is 108 Å². The van der Waals surface area contributed by atoms with Crippen LogP contribution in [0, 0.1) is 0 Å². The Kier molecular flexibility index (Phi) is 8.37. The number of nitrogens with one attached hydrogen (secondary N) is 1. The molecule has 0 atom stereocenters. The van der Waals surface area contributed by atoms with Crippen molar-refractivity contribution in [3.63, 3.8) is 0 Å². The van der Waals surface area contributed by atoms with Crippen molar-refractivity contribution in [2.24, 2.45) is 0 Å². The van der Waals surface area contributed by atoms with Crippen LogP contribution in [0.5, 0.6) is 0 Å². The number of aliphatic hydroxyl groups is 1. The van der Waals surface area contributed by atoms with Gasteiger partial charge in [-0.1, -0.05) is 5.21 Å². The Hall–Kier alpha value is -0.980. The van der Waals surface area contributed by atoms with Crippen molar-refractivity contribution in [3.8, 4) is 0 Å². The lowest BCUT2D eigenvalue weighted by atomic mass is 10.2. The molecule has 0 saturated carbocycles. The number of aryl methyl sites for hydroxylation is 1. The molecule has 0 aliphatic heterocycles. The number of methoxy groups -OCH3 is 1. The summed E-state index contributed by atoms with van der Waals surface area (Å²) < 4.78 is 6.76. The molecule has 0 unspecified atom stereocenters. The fraction of sp³-hybridized carbons (Fsp3) is 0.833. The lowest BCUT2D eigenvalue weighted by Crippen LogP contribution is -2.15. The zero-order valence-corrected chi connectivity index (χ0v) is 11.1. The molecule has 0 amide bonds. The summed E-state index contributed by atoms with van der Waals surface area (Å²) in [7, 11) is 1.73. The molecule has 0 radical (unpaired) electrons. The molecule has 18 heavy (non-hydrogen) atoms. The topological polar surface area (TPSA) is 72.2 Å². The molecule has 0 bridgehead atoms. The van der Waals surface area contributed by atoms with E-state index in [4.69, 9.17) is 9.84 Å². The van der Waals surface area contributed by atoms with Crippen molar-refractivity contribution in [1.29, 1.82) is 0 Å². The van der Waals surface area contributed by atoms with E-state index in [-0.39, 0.29) is 6.61 Å². The van der Waals surface area contributed by atoms with Gasteiger partial charge in [0.2, 0.25) is 0 Å². The highest BCUT2D eigenvalue weighted by molar-refractivity contribution is 4.91. The summed E-state index contributed by atoms with van der Waals surface area (Å²) in [5.41, 5.74) is 0.949. The van der Waals surface area contributed by atoms with Gasteiger partial charge < -0.3 is 15.2 Å². The molecular formula is C12H24N4O2. The number of nitrogens with zero attached hydrogens (tertiary/aromatic N) is 3. The summed E-state index contributed by atoms with van der Waals surface area (Å²) in [6, 6.07) is 0. The first-order valence-corrected chi connectivity index (χ1v) is 6.56. The maximum atomic E-state index is 8.71. The highest BCUT2D eigenvalue weighted by Crippen LogP contribution is 1.96. The van der Waals surface area contributed by atoms with Gasteiger partial charge in [0.25, 0.3) is 0 Å². The molecule has 0 aliphatic rings. The summed E-state index contributed by atoms with van der Waals surface area (Å²) in [5, 5.41) is 20.1. The fourth-order valence-electron chi connectivity index (χ4n) is 1.65. The van der Waals surface area contributed by atoms with E-state index >= 15 is 0 Å². The highest BCUT2D eigenvalue weighted by Gasteiger charge is 1.99. The number of hydrogen-bond acceptors (Lipinski definition) is 5. The van der Waals surface area contributed by atoms with Crippen molar-refractivity contribution in [3.05, 3.63) is 11.9 Å². The molecule has 104 valence electrons. The quantitative estimate of drug-likeness (QED) is 0.566. The van der Waals surface area contributed by atoms with Crippen LogP contribution in [0.15, 0.2) is 6.20 Å². The molecule has 0 fully saturated rings. The summed E-state index contributed by atoms with van der Waals surface area (Å²) in [6.45, 7) is 3.51. The normalized spacial score (nSPS) is 11.0. The molecule has 1 heterocycles. The monoisotopic (exact) mass is 256 g/mol. The van der Waals surface area contributed by atoms with Gasteiger partial charge >= 0.3 is 0 Å². The van der Waals surface area contributed by atoms with Crippen LogP contribution in [0.3, 0.4) is 0 Å². The summed E-state index contributed by atoms with van der Waals surface area (Å²) in [6.07, 6.45) is 6.10. The molecule has 1 rings (SSSR count). The van der Waals surface area contributed by atoms with Crippen molar-refractivity contribution in [2.75, 3.05) is 26.9 Å². The van der Waals surface area contributed by atoms with Gasteiger partial charge in [0.05, 0.1) is 5.69 Å². The fourth-order valence-corrected chi connectivity index (χ4v) is 1.65. The summed E-state index contributed by atoms with van der Waals surface area (Å²) >= 11 is 0. The zero-order valence-electron chi connectivity index (χ0n) is 11.1. The molecule has 0 spiro atoms. The maximum absolute atomic E-state index is 8.71. The van der Waals surface area contributed by atoms with E-state index in [1.54, 1.807) is 11.8 Å². The highest BCUT2D eigenvalue weighted by atomic mass is 16.5. The standard InChI is InChI=1S/C12H24N4O2/c1-18-9-4-2-3-6-13-10-12-11-16(15-14-12)7-5-8-17/h11,13,17H,2-10H2,1H3. The second-order valence-corrected chi connectivity index (χ2v) is 4.28. The van der Waals surface area contributed by atoms with Crippen molar-refractivity contribution < 1.29 is 9.84 Å². The first-order valence-electron chi connectivity index (χ1n) is 6.56. The minimum Gasteiger partial charge on any atom is -0.396 e. The van der Waals surface area contributed by atoms with E-state index in [0.717, 1.165) is 51.2 Å². The number of aliphatic hydroxyl groups excluding tert-OH is 1. The Morgan fingerprint density at radius 1 is 1.33 bits per heavy atom. The molecule has 0 aliphatic carbocycles. The van der Waals surface area contributed by atoms with Crippen LogP contribution in [0.1, 0.15) is 31.4 Å². The van der Waals surface area contributed by atoms with Crippen molar-refractivity contribution in [1.82, 2.24) is 20.3 Å². The van der Waals surface area contributed by atoms with E-state index in [9.17, 15) is 0 Å². The van der Waals surface area contributed by atoms with Crippen LogP contribution >= 0.6 is 0 Å². The van der Waals surface area contributed by atoms with Crippen LogP contribution in [-0.2, 0) is 17.8 Å². The predicted molar refractivity (Wildman–Crippen MR) is 69.2 cm³/mol. The zero-order chi connectivity index (χ0) is 13.1. The first-order chi connectivity index (χ1) is 8.86. The minimum absolute atomic E-state index is 0.189. The molecule has 2 N–H and O–H groups in total. The smallest absolute Gasteiger partial charge is 0.0964 e. The second kappa shape index (κ2) is 9.99. The van der Waals surface area contributed by atoms with Gasteiger partial charge in [-0.05, 0) is 32.2 Å². The van der Waals surface area contributed by atoms with Gasteiger partial charge in [-0.3, -0.25) is 4.68 Å². The van der Waals surface area contributed by atoms with E-state index in [2.05, 4.69) is 15.6 Å². The second-order valence-electron chi connectivity index (χ2n) is 4.28. The number of aromatic nitrogens is 3. The SMILES string of the molecule is COCCCCCNCc1cn(CCCO)nn1.